The van der Waals surface area contributed by atoms with Crippen LogP contribution in [0, 0.1) is 0 Å². The molecular weight excluding hydrogens is 492 g/mol. The van der Waals surface area contributed by atoms with Gasteiger partial charge in [0.15, 0.2) is 5.82 Å². The summed E-state index contributed by atoms with van der Waals surface area (Å²) in [5.74, 6) is 2.11. The standard InChI is InChI=1S/C29H44N8O2/c1-3-7-22(12-15-38)33-28-27-24(34-29(30)35-28)18-32-37(27)19-25-26(39-2)16-21(17-31-25)20-10-13-36(14-11-20)23-8-5-4-6-9-23/h16-18,20,22-23,38H,3-15,19H2,1-2H3,(H3,30,33,34,35). The second-order valence-electron chi connectivity index (χ2n) is 11.1. The number of nitrogens with zero attached hydrogens (tertiary/aromatic N) is 6. The highest BCUT2D eigenvalue weighted by molar-refractivity contribution is 5.86. The maximum absolute atomic E-state index is 9.53. The molecule has 10 nitrogen and oxygen atoms in total. The first-order valence-corrected chi connectivity index (χ1v) is 14.7. The van der Waals surface area contributed by atoms with Crippen molar-refractivity contribution in [3.8, 4) is 5.75 Å². The molecule has 5 rings (SSSR count). The van der Waals surface area contributed by atoms with Gasteiger partial charge >= 0.3 is 0 Å². The summed E-state index contributed by atoms with van der Waals surface area (Å²) in [6, 6.07) is 3.04. The van der Waals surface area contributed by atoms with E-state index in [4.69, 9.17) is 15.5 Å². The van der Waals surface area contributed by atoms with Crippen LogP contribution in [0.1, 0.15) is 88.3 Å². The Morgan fingerprint density at radius 1 is 1.10 bits per heavy atom. The zero-order valence-electron chi connectivity index (χ0n) is 23.5. The average Bonchev–Trinajstić information content (AvgIpc) is 3.36. The zero-order valence-corrected chi connectivity index (χ0v) is 23.5. The van der Waals surface area contributed by atoms with Crippen LogP contribution in [0.25, 0.3) is 11.0 Å². The number of fused-ring (bicyclic) bond motifs is 1. The Hall–Kier alpha value is -2.98. The SMILES string of the molecule is CCCC(CCO)Nc1nc(N)nc2cnn(Cc3ncc(C4CCN(C5CCCCC5)CC4)cc3OC)c12. The highest BCUT2D eigenvalue weighted by Crippen LogP contribution is 2.34. The number of hydrogen-bond acceptors (Lipinski definition) is 9. The van der Waals surface area contributed by atoms with Gasteiger partial charge in [0.25, 0.3) is 0 Å². The summed E-state index contributed by atoms with van der Waals surface area (Å²) in [5.41, 5.74) is 9.52. The molecule has 4 N–H and O–H groups in total. The van der Waals surface area contributed by atoms with Crippen molar-refractivity contribution >= 4 is 22.8 Å². The van der Waals surface area contributed by atoms with Crippen LogP contribution in [0.2, 0.25) is 0 Å². The Kier molecular flexibility index (Phi) is 9.13. The van der Waals surface area contributed by atoms with E-state index < -0.39 is 0 Å². The van der Waals surface area contributed by atoms with Crippen LogP contribution in [0.4, 0.5) is 11.8 Å². The first-order chi connectivity index (χ1) is 19.1. The van der Waals surface area contributed by atoms with Gasteiger partial charge in [-0.3, -0.25) is 9.67 Å². The van der Waals surface area contributed by atoms with E-state index in [9.17, 15) is 5.11 Å². The fraction of sp³-hybridized carbons (Fsp3) is 0.655. The Bertz CT molecular complexity index is 1210. The number of likely N-dealkylation sites (tertiary alicyclic amines) is 1. The number of piperidine rings is 1. The van der Waals surface area contributed by atoms with Crippen LogP contribution in [0.15, 0.2) is 18.5 Å². The third-order valence-corrected chi connectivity index (χ3v) is 8.52. The van der Waals surface area contributed by atoms with Crippen molar-refractivity contribution in [1.82, 2.24) is 29.6 Å². The van der Waals surface area contributed by atoms with Gasteiger partial charge in [-0.1, -0.05) is 32.6 Å². The highest BCUT2D eigenvalue weighted by Gasteiger charge is 2.27. The first-order valence-electron chi connectivity index (χ1n) is 14.7. The molecule has 212 valence electrons. The van der Waals surface area contributed by atoms with Gasteiger partial charge in [0.2, 0.25) is 5.95 Å². The molecule has 1 unspecified atom stereocenters. The molecule has 1 aliphatic heterocycles. The van der Waals surface area contributed by atoms with E-state index in [-0.39, 0.29) is 18.6 Å². The molecule has 1 aliphatic carbocycles. The predicted octanol–water partition coefficient (Wildman–Crippen LogP) is 4.34. The van der Waals surface area contributed by atoms with Crippen molar-refractivity contribution < 1.29 is 9.84 Å². The number of pyridine rings is 1. The summed E-state index contributed by atoms with van der Waals surface area (Å²) in [7, 11) is 1.71. The normalized spacial score (nSPS) is 18.4. The van der Waals surface area contributed by atoms with Gasteiger partial charge in [0.05, 0.1) is 19.9 Å². The van der Waals surface area contributed by atoms with Crippen molar-refractivity contribution in [2.75, 3.05) is 37.9 Å². The summed E-state index contributed by atoms with van der Waals surface area (Å²) in [5, 5.41) is 17.6. The number of ether oxygens (including phenoxy) is 1. The molecule has 4 heterocycles. The fourth-order valence-electron chi connectivity index (χ4n) is 6.42. The van der Waals surface area contributed by atoms with E-state index in [1.165, 1.54) is 63.6 Å². The predicted molar refractivity (Wildman–Crippen MR) is 154 cm³/mol. The molecule has 0 spiro atoms. The molecule has 10 heteroatoms. The number of hydrogen-bond donors (Lipinski definition) is 3. The number of nitrogens with two attached hydrogens (primary N) is 1. The van der Waals surface area contributed by atoms with Crippen LogP contribution in [-0.4, -0.2) is 73.6 Å². The van der Waals surface area contributed by atoms with Crippen molar-refractivity contribution in [1.29, 1.82) is 0 Å². The lowest BCUT2D eigenvalue weighted by Gasteiger charge is -2.39. The van der Waals surface area contributed by atoms with Gasteiger partial charge in [0, 0.05) is 24.9 Å². The maximum Gasteiger partial charge on any atom is 0.222 e. The van der Waals surface area contributed by atoms with Gasteiger partial charge in [-0.05, 0) is 69.2 Å². The molecule has 0 bridgehead atoms. The van der Waals surface area contributed by atoms with E-state index in [0.717, 1.165) is 35.8 Å². The zero-order chi connectivity index (χ0) is 27.2. The number of aliphatic hydroxyl groups excluding tert-OH is 1. The minimum atomic E-state index is 0.0809. The monoisotopic (exact) mass is 536 g/mol. The molecule has 3 aromatic heterocycles. The van der Waals surface area contributed by atoms with Gasteiger partial charge in [-0.15, -0.1) is 0 Å². The van der Waals surface area contributed by atoms with Crippen molar-refractivity contribution in [2.45, 2.75) is 95.7 Å². The quantitative estimate of drug-likeness (QED) is 0.328. The van der Waals surface area contributed by atoms with Gasteiger partial charge in [-0.2, -0.15) is 10.1 Å². The van der Waals surface area contributed by atoms with E-state index >= 15 is 0 Å². The number of nitrogens with one attached hydrogen (secondary N) is 1. The van der Waals surface area contributed by atoms with E-state index in [2.05, 4.69) is 38.3 Å². The highest BCUT2D eigenvalue weighted by atomic mass is 16.5. The number of rotatable bonds is 11. The Morgan fingerprint density at radius 2 is 1.90 bits per heavy atom. The number of anilines is 2. The van der Waals surface area contributed by atoms with E-state index in [0.29, 0.717) is 30.2 Å². The molecule has 1 saturated heterocycles. The van der Waals surface area contributed by atoms with Crippen molar-refractivity contribution in [2.24, 2.45) is 0 Å². The number of aromatic nitrogens is 5. The molecule has 0 amide bonds. The molecule has 2 aliphatic rings. The molecule has 2 fully saturated rings. The summed E-state index contributed by atoms with van der Waals surface area (Å²) < 4.78 is 7.68. The Morgan fingerprint density at radius 3 is 2.62 bits per heavy atom. The minimum Gasteiger partial charge on any atom is -0.495 e. The topological polar surface area (TPSA) is 127 Å². The Labute approximate surface area is 231 Å². The maximum atomic E-state index is 9.53. The second-order valence-corrected chi connectivity index (χ2v) is 11.1. The average molecular weight is 537 g/mol. The molecular formula is C29H44N8O2. The van der Waals surface area contributed by atoms with E-state index in [1.54, 1.807) is 13.3 Å². The summed E-state index contributed by atoms with van der Waals surface area (Å²) >= 11 is 0. The summed E-state index contributed by atoms with van der Waals surface area (Å²) in [6.45, 7) is 5.00. The molecule has 0 radical (unpaired) electrons. The van der Waals surface area contributed by atoms with Crippen molar-refractivity contribution in [3.05, 3.63) is 29.7 Å². The lowest BCUT2D eigenvalue weighted by Crippen LogP contribution is -2.41. The fourth-order valence-corrected chi connectivity index (χ4v) is 6.42. The third-order valence-electron chi connectivity index (χ3n) is 8.52. The summed E-state index contributed by atoms with van der Waals surface area (Å²) in [6.07, 6.45) is 15.5. The summed E-state index contributed by atoms with van der Waals surface area (Å²) in [4.78, 5) is 16.5. The van der Waals surface area contributed by atoms with Crippen LogP contribution in [-0.2, 0) is 6.54 Å². The first kappa shape index (κ1) is 27.6. The van der Waals surface area contributed by atoms with Crippen LogP contribution >= 0.6 is 0 Å². The largest absolute Gasteiger partial charge is 0.495 e. The van der Waals surface area contributed by atoms with Crippen LogP contribution < -0.4 is 15.8 Å². The van der Waals surface area contributed by atoms with Gasteiger partial charge < -0.3 is 25.8 Å². The second kappa shape index (κ2) is 12.9. The smallest absolute Gasteiger partial charge is 0.222 e. The third kappa shape index (κ3) is 6.44. The van der Waals surface area contributed by atoms with Crippen LogP contribution in [0.3, 0.4) is 0 Å². The number of nitrogen functional groups attached to an aromatic ring is 1. The minimum absolute atomic E-state index is 0.0809. The number of methoxy groups -OCH3 is 1. The molecule has 1 saturated carbocycles. The lowest BCUT2D eigenvalue weighted by atomic mass is 9.87. The van der Waals surface area contributed by atoms with Crippen molar-refractivity contribution in [3.63, 3.8) is 0 Å². The molecule has 39 heavy (non-hydrogen) atoms. The molecule has 1 atom stereocenters. The Balaban J connectivity index is 1.33. The molecule has 3 aromatic rings. The lowest BCUT2D eigenvalue weighted by molar-refractivity contribution is 0.122. The number of aliphatic hydroxyl groups is 1. The van der Waals surface area contributed by atoms with E-state index in [1.807, 2.05) is 10.9 Å². The van der Waals surface area contributed by atoms with Crippen LogP contribution in [0.5, 0.6) is 5.75 Å². The molecule has 0 aromatic carbocycles. The van der Waals surface area contributed by atoms with Gasteiger partial charge in [0.1, 0.15) is 22.5 Å². The van der Waals surface area contributed by atoms with Gasteiger partial charge in [-0.25, -0.2) is 4.98 Å².